The van der Waals surface area contributed by atoms with Crippen molar-refractivity contribution in [2.75, 3.05) is 7.05 Å². The molecule has 26 heavy (non-hydrogen) atoms. The van der Waals surface area contributed by atoms with E-state index >= 15 is 0 Å². The molecule has 1 amide bonds. The van der Waals surface area contributed by atoms with Gasteiger partial charge in [0.05, 0.1) is 5.92 Å². The Balaban J connectivity index is 2.19. The molecule has 6 nitrogen and oxygen atoms in total. The van der Waals surface area contributed by atoms with E-state index < -0.39 is 34.9 Å². The predicted molar refractivity (Wildman–Crippen MR) is 92.3 cm³/mol. The number of carbonyl (C=O) groups excluding carboxylic acids is 1. The summed E-state index contributed by atoms with van der Waals surface area (Å²) in [7, 11) is 1.39. The molecule has 3 aliphatic rings. The topological polar surface area (TPSA) is 107 Å². The zero-order chi connectivity index (χ0) is 18.9. The summed E-state index contributed by atoms with van der Waals surface area (Å²) in [6.45, 7) is 1.83. The van der Waals surface area contributed by atoms with Gasteiger partial charge < -0.3 is 20.6 Å². The summed E-state index contributed by atoms with van der Waals surface area (Å²) in [5.74, 6) is -4.84. The van der Waals surface area contributed by atoms with E-state index in [0.29, 0.717) is 22.3 Å². The number of hydrogen-bond acceptors (Lipinski definition) is 4. The van der Waals surface area contributed by atoms with Crippen molar-refractivity contribution in [3.63, 3.8) is 0 Å². The van der Waals surface area contributed by atoms with Crippen molar-refractivity contribution >= 4 is 11.9 Å². The van der Waals surface area contributed by atoms with Crippen LogP contribution in [0.4, 0.5) is 0 Å². The fraction of sp³-hybridized carbons (Fsp3) is 0.300. The van der Waals surface area contributed by atoms with E-state index in [-0.39, 0.29) is 0 Å². The number of benzene rings is 2. The number of amides is 1. The zero-order valence-electron chi connectivity index (χ0n) is 14.4. The molecule has 3 aliphatic carbocycles. The summed E-state index contributed by atoms with van der Waals surface area (Å²) in [6.07, 6.45) is 0. The second-order valence-corrected chi connectivity index (χ2v) is 7.04. The molecule has 5 rings (SSSR count). The standard InChI is InChI=1S/C20H19NO5/c1-10-7-8-13-14(9-10)20(26)12-6-4-3-5-11(12)19(13,25)15(17(22)21-2)16(20)18(23)24/h3-9,15-16,25-26H,1-2H3,(H,21,22)(H,23,24). The number of aryl methyl sites for hydroxylation is 1. The van der Waals surface area contributed by atoms with Crippen LogP contribution in [0, 0.1) is 18.8 Å². The molecule has 2 bridgehead atoms. The number of rotatable bonds is 2. The van der Waals surface area contributed by atoms with Gasteiger partial charge in [0, 0.05) is 7.05 Å². The molecule has 0 fully saturated rings. The Morgan fingerprint density at radius 1 is 0.923 bits per heavy atom. The van der Waals surface area contributed by atoms with Crippen LogP contribution in [0.15, 0.2) is 42.5 Å². The fourth-order valence-electron chi connectivity index (χ4n) is 4.71. The summed E-state index contributed by atoms with van der Waals surface area (Å²) in [6, 6.07) is 11.8. The van der Waals surface area contributed by atoms with Gasteiger partial charge in [0.2, 0.25) is 5.91 Å². The zero-order valence-corrected chi connectivity index (χ0v) is 14.4. The third-order valence-corrected chi connectivity index (χ3v) is 5.77. The van der Waals surface area contributed by atoms with Crippen LogP contribution >= 0.6 is 0 Å². The molecule has 0 aliphatic heterocycles. The molecule has 0 aromatic heterocycles. The van der Waals surface area contributed by atoms with Gasteiger partial charge in [0.15, 0.2) is 0 Å². The Morgan fingerprint density at radius 2 is 1.46 bits per heavy atom. The van der Waals surface area contributed by atoms with Crippen LogP contribution in [0.5, 0.6) is 0 Å². The number of aliphatic hydroxyl groups is 2. The third kappa shape index (κ3) is 1.73. The van der Waals surface area contributed by atoms with E-state index in [1.807, 2.05) is 6.92 Å². The van der Waals surface area contributed by atoms with Crippen molar-refractivity contribution in [2.24, 2.45) is 11.8 Å². The molecule has 134 valence electrons. The van der Waals surface area contributed by atoms with Crippen molar-refractivity contribution in [2.45, 2.75) is 18.1 Å². The first-order valence-electron chi connectivity index (χ1n) is 8.38. The predicted octanol–water partition coefficient (Wildman–Crippen LogP) is 0.857. The highest BCUT2D eigenvalue weighted by molar-refractivity contribution is 5.91. The molecule has 0 spiro atoms. The maximum Gasteiger partial charge on any atom is 0.311 e. The number of hydrogen-bond donors (Lipinski definition) is 4. The molecule has 0 saturated heterocycles. The number of fused-ring (bicyclic) bond motifs is 1. The summed E-state index contributed by atoms with van der Waals surface area (Å²) < 4.78 is 0. The Morgan fingerprint density at radius 3 is 2.00 bits per heavy atom. The Bertz CT molecular complexity index is 955. The smallest absolute Gasteiger partial charge is 0.311 e. The Labute approximate surface area is 150 Å². The molecule has 2 aromatic carbocycles. The normalized spacial score (nSPS) is 31.1. The molecule has 0 radical (unpaired) electrons. The molecule has 4 atom stereocenters. The molecule has 0 heterocycles. The minimum absolute atomic E-state index is 0.327. The molecular formula is C20H19NO5. The first-order chi connectivity index (χ1) is 12.3. The van der Waals surface area contributed by atoms with Crippen LogP contribution in [-0.2, 0) is 20.8 Å². The maximum atomic E-state index is 12.7. The second kappa shape index (κ2) is 5.16. The van der Waals surface area contributed by atoms with Crippen LogP contribution in [0.25, 0.3) is 0 Å². The highest BCUT2D eigenvalue weighted by atomic mass is 16.4. The van der Waals surface area contributed by atoms with E-state index in [2.05, 4.69) is 5.32 Å². The first-order valence-corrected chi connectivity index (χ1v) is 8.38. The van der Waals surface area contributed by atoms with Crippen molar-refractivity contribution in [1.82, 2.24) is 5.32 Å². The van der Waals surface area contributed by atoms with E-state index in [4.69, 9.17) is 0 Å². The van der Waals surface area contributed by atoms with Gasteiger partial charge in [-0.1, -0.05) is 48.0 Å². The average Bonchev–Trinajstić information content (AvgIpc) is 2.62. The van der Waals surface area contributed by atoms with Crippen molar-refractivity contribution in [3.8, 4) is 0 Å². The lowest BCUT2D eigenvalue weighted by Gasteiger charge is -2.57. The van der Waals surface area contributed by atoms with Crippen molar-refractivity contribution in [3.05, 3.63) is 70.3 Å². The fourth-order valence-corrected chi connectivity index (χ4v) is 4.71. The Hall–Kier alpha value is -2.70. The SMILES string of the molecule is CNC(=O)C1C(C(=O)O)C2(O)c3ccccc3C1(O)c1ccc(C)cc12. The van der Waals surface area contributed by atoms with Gasteiger partial charge in [0.1, 0.15) is 17.1 Å². The summed E-state index contributed by atoms with van der Waals surface area (Å²) >= 11 is 0. The minimum atomic E-state index is -1.91. The molecule has 4 unspecified atom stereocenters. The number of carbonyl (C=O) groups is 2. The van der Waals surface area contributed by atoms with Crippen LogP contribution in [0.3, 0.4) is 0 Å². The van der Waals surface area contributed by atoms with E-state index in [1.165, 1.54) is 7.05 Å². The molecule has 6 heteroatoms. The lowest BCUT2D eigenvalue weighted by molar-refractivity contribution is -0.179. The third-order valence-electron chi connectivity index (χ3n) is 5.77. The largest absolute Gasteiger partial charge is 0.481 e. The molecule has 2 aromatic rings. The van der Waals surface area contributed by atoms with Crippen molar-refractivity contribution < 1.29 is 24.9 Å². The van der Waals surface area contributed by atoms with Crippen molar-refractivity contribution in [1.29, 1.82) is 0 Å². The summed E-state index contributed by atoms with van der Waals surface area (Å²) in [4.78, 5) is 24.8. The molecule has 0 saturated carbocycles. The quantitative estimate of drug-likeness (QED) is 0.641. The van der Waals surface area contributed by atoms with E-state index in [1.54, 1.807) is 42.5 Å². The van der Waals surface area contributed by atoms with Gasteiger partial charge in [-0.2, -0.15) is 0 Å². The number of carboxylic acid groups (broad SMARTS) is 1. The van der Waals surface area contributed by atoms with Gasteiger partial charge in [-0.15, -0.1) is 0 Å². The van der Waals surface area contributed by atoms with Gasteiger partial charge in [-0.25, -0.2) is 0 Å². The first kappa shape index (κ1) is 16.8. The van der Waals surface area contributed by atoms with Gasteiger partial charge in [-0.05, 0) is 29.2 Å². The van der Waals surface area contributed by atoms with Crippen LogP contribution < -0.4 is 5.32 Å². The lowest BCUT2D eigenvalue weighted by atomic mass is 9.49. The highest BCUT2D eigenvalue weighted by Crippen LogP contribution is 2.62. The number of carboxylic acids is 1. The lowest BCUT2D eigenvalue weighted by Crippen LogP contribution is -2.65. The number of aliphatic carboxylic acids is 1. The average molecular weight is 353 g/mol. The van der Waals surface area contributed by atoms with Crippen LogP contribution in [0.2, 0.25) is 0 Å². The van der Waals surface area contributed by atoms with Gasteiger partial charge >= 0.3 is 5.97 Å². The molecule has 4 N–H and O–H groups in total. The monoisotopic (exact) mass is 353 g/mol. The number of nitrogens with one attached hydrogen (secondary N) is 1. The second-order valence-electron chi connectivity index (χ2n) is 7.04. The highest BCUT2D eigenvalue weighted by Gasteiger charge is 2.69. The molecular weight excluding hydrogens is 334 g/mol. The maximum absolute atomic E-state index is 12.7. The van der Waals surface area contributed by atoms with Gasteiger partial charge in [-0.3, -0.25) is 9.59 Å². The van der Waals surface area contributed by atoms with E-state index in [0.717, 1.165) is 5.56 Å². The summed E-state index contributed by atoms with van der Waals surface area (Å²) in [5, 5.41) is 35.9. The van der Waals surface area contributed by atoms with Crippen LogP contribution in [0.1, 0.15) is 27.8 Å². The van der Waals surface area contributed by atoms with E-state index in [9.17, 15) is 24.9 Å². The Kier molecular flexibility index (Phi) is 3.32. The minimum Gasteiger partial charge on any atom is -0.481 e. The van der Waals surface area contributed by atoms with Gasteiger partial charge in [0.25, 0.3) is 0 Å². The summed E-state index contributed by atoms with van der Waals surface area (Å²) in [5.41, 5.74) is -1.52. The van der Waals surface area contributed by atoms with Crippen LogP contribution in [-0.4, -0.2) is 34.2 Å².